The molecule has 1 aliphatic heterocycles. The quantitative estimate of drug-likeness (QED) is 0.841. The van der Waals surface area contributed by atoms with Crippen LogP contribution in [-0.4, -0.2) is 49.1 Å². The van der Waals surface area contributed by atoms with Gasteiger partial charge in [-0.1, -0.05) is 0 Å². The lowest BCUT2D eigenvalue weighted by Crippen LogP contribution is -2.32. The van der Waals surface area contributed by atoms with Crippen molar-refractivity contribution in [2.75, 3.05) is 31.8 Å². The highest BCUT2D eigenvalue weighted by Crippen LogP contribution is 2.32. The van der Waals surface area contributed by atoms with Gasteiger partial charge in [0.05, 0.1) is 18.6 Å². The number of nitrogens with zero attached hydrogens (tertiary/aromatic N) is 1. The number of anilines is 1. The summed E-state index contributed by atoms with van der Waals surface area (Å²) < 4.78 is 4.52. The van der Waals surface area contributed by atoms with Crippen LogP contribution in [0.2, 0.25) is 0 Å². The average Bonchev–Trinajstić information content (AvgIpc) is 2.45. The first-order valence-corrected chi connectivity index (χ1v) is 6.89. The molecule has 0 bridgehead atoms. The van der Waals surface area contributed by atoms with Crippen molar-refractivity contribution in [2.45, 2.75) is 4.90 Å². The molecule has 7 heteroatoms. The summed E-state index contributed by atoms with van der Waals surface area (Å²) in [5.74, 6) is -0.497. The zero-order valence-electron chi connectivity index (χ0n) is 11.1. The second-order valence-electron chi connectivity index (χ2n) is 4.29. The number of fused-ring (bicyclic) bond motifs is 1. The zero-order valence-corrected chi connectivity index (χ0v) is 12.0. The summed E-state index contributed by atoms with van der Waals surface area (Å²) in [4.78, 5) is 36.9. The molecule has 6 nitrogen and oxygen atoms in total. The van der Waals surface area contributed by atoms with Gasteiger partial charge in [0.2, 0.25) is 5.91 Å². The summed E-state index contributed by atoms with van der Waals surface area (Å²) in [5.41, 5.74) is 1.04. The molecule has 0 radical (unpaired) electrons. The molecule has 0 aliphatic carbocycles. The largest absolute Gasteiger partial charge is 0.468 e. The number of carbonyl (C=O) groups excluding carboxylic acids is 3. The predicted octanol–water partition coefficient (Wildman–Crippen LogP) is 0.976. The maximum Gasteiger partial charge on any atom is 0.325 e. The van der Waals surface area contributed by atoms with E-state index < -0.39 is 5.97 Å². The number of likely N-dealkylation sites (N-methyl/N-ethyl adjacent to an activating group) is 1. The minimum Gasteiger partial charge on any atom is -0.468 e. The van der Waals surface area contributed by atoms with Crippen molar-refractivity contribution in [2.24, 2.45) is 0 Å². The minimum absolute atomic E-state index is 0.0879. The van der Waals surface area contributed by atoms with Crippen molar-refractivity contribution in [1.29, 1.82) is 0 Å². The predicted molar refractivity (Wildman–Crippen MR) is 74.8 cm³/mol. The van der Waals surface area contributed by atoms with Crippen LogP contribution in [-0.2, 0) is 14.3 Å². The van der Waals surface area contributed by atoms with Gasteiger partial charge in [-0.25, -0.2) is 0 Å². The Morgan fingerprint density at radius 1 is 1.45 bits per heavy atom. The Labute approximate surface area is 120 Å². The molecule has 0 unspecified atom stereocenters. The van der Waals surface area contributed by atoms with Gasteiger partial charge in [-0.05, 0) is 18.2 Å². The van der Waals surface area contributed by atoms with Crippen molar-refractivity contribution < 1.29 is 19.1 Å². The van der Waals surface area contributed by atoms with E-state index >= 15 is 0 Å². The highest BCUT2D eigenvalue weighted by molar-refractivity contribution is 8.00. The molecular weight excluding hydrogens is 280 g/mol. The molecule has 2 rings (SSSR count). The first-order valence-electron chi connectivity index (χ1n) is 5.90. The maximum absolute atomic E-state index is 12.2. The lowest BCUT2D eigenvalue weighted by molar-refractivity contribution is -0.141. The molecule has 106 valence electrons. The van der Waals surface area contributed by atoms with Gasteiger partial charge < -0.3 is 15.0 Å². The number of rotatable bonds is 3. The molecule has 0 atom stereocenters. The Bertz CT molecular complexity index is 573. The van der Waals surface area contributed by atoms with Crippen molar-refractivity contribution in [3.8, 4) is 0 Å². The second-order valence-corrected chi connectivity index (χ2v) is 5.30. The smallest absolute Gasteiger partial charge is 0.325 e. The third-order valence-corrected chi connectivity index (χ3v) is 3.87. The third-order valence-electron chi connectivity index (χ3n) is 2.80. The topological polar surface area (TPSA) is 75.7 Å². The SMILES string of the molecule is COC(=O)CN(C)C(=O)c1ccc2c(c1)NC(=O)CS2. The maximum atomic E-state index is 12.2. The number of esters is 1. The van der Waals surface area contributed by atoms with Gasteiger partial charge in [0.15, 0.2) is 0 Å². The van der Waals surface area contributed by atoms with Crippen molar-refractivity contribution in [3.05, 3.63) is 23.8 Å². The average molecular weight is 294 g/mol. The third kappa shape index (κ3) is 3.11. The Morgan fingerprint density at radius 2 is 2.20 bits per heavy atom. The Hall–Kier alpha value is -2.02. The van der Waals surface area contributed by atoms with E-state index in [0.29, 0.717) is 17.0 Å². The lowest BCUT2D eigenvalue weighted by atomic mass is 10.1. The molecule has 0 spiro atoms. The number of carbonyl (C=O) groups is 3. The van der Waals surface area contributed by atoms with Gasteiger partial charge in [0, 0.05) is 17.5 Å². The van der Waals surface area contributed by atoms with E-state index in [0.717, 1.165) is 4.90 Å². The van der Waals surface area contributed by atoms with Crippen LogP contribution in [0.5, 0.6) is 0 Å². The standard InChI is InChI=1S/C13H14N2O4S/c1-15(6-12(17)19-2)13(18)8-3-4-10-9(5-8)14-11(16)7-20-10/h3-5H,6-7H2,1-2H3,(H,14,16). The van der Waals surface area contributed by atoms with Gasteiger partial charge in [-0.3, -0.25) is 14.4 Å². The molecule has 0 aromatic heterocycles. The zero-order chi connectivity index (χ0) is 14.7. The van der Waals surface area contributed by atoms with E-state index in [1.165, 1.54) is 30.8 Å². The summed E-state index contributed by atoms with van der Waals surface area (Å²) in [6.07, 6.45) is 0. The fourth-order valence-corrected chi connectivity index (χ4v) is 2.56. The summed E-state index contributed by atoms with van der Waals surface area (Å²) in [7, 11) is 2.79. The first-order chi connectivity index (χ1) is 9.51. The Morgan fingerprint density at radius 3 is 2.90 bits per heavy atom. The number of benzene rings is 1. The number of ether oxygens (including phenoxy) is 1. The fraction of sp³-hybridized carbons (Fsp3) is 0.308. The van der Waals surface area contributed by atoms with Crippen LogP contribution >= 0.6 is 11.8 Å². The number of nitrogens with one attached hydrogen (secondary N) is 1. The number of methoxy groups -OCH3 is 1. The number of thioether (sulfide) groups is 1. The number of hydrogen-bond donors (Lipinski definition) is 1. The van der Waals surface area contributed by atoms with Crippen LogP contribution in [0.4, 0.5) is 5.69 Å². The molecule has 2 amide bonds. The molecule has 1 N–H and O–H groups in total. The first kappa shape index (κ1) is 14.4. The molecule has 0 saturated carbocycles. The molecule has 1 aromatic carbocycles. The number of amides is 2. The van der Waals surface area contributed by atoms with Gasteiger partial charge in [0.1, 0.15) is 6.54 Å². The highest BCUT2D eigenvalue weighted by Gasteiger charge is 2.20. The van der Waals surface area contributed by atoms with E-state index in [1.807, 2.05) is 0 Å². The normalized spacial score (nSPS) is 13.2. The Balaban J connectivity index is 2.16. The monoisotopic (exact) mass is 294 g/mol. The molecule has 0 fully saturated rings. The van der Waals surface area contributed by atoms with E-state index in [9.17, 15) is 14.4 Å². The van der Waals surface area contributed by atoms with Crippen molar-refractivity contribution in [1.82, 2.24) is 4.90 Å². The van der Waals surface area contributed by atoms with Gasteiger partial charge in [-0.15, -0.1) is 11.8 Å². The van der Waals surface area contributed by atoms with E-state index in [-0.39, 0.29) is 18.4 Å². The van der Waals surface area contributed by atoms with E-state index in [4.69, 9.17) is 0 Å². The molecule has 1 heterocycles. The van der Waals surface area contributed by atoms with Crippen LogP contribution in [0, 0.1) is 0 Å². The molecular formula is C13H14N2O4S. The summed E-state index contributed by atoms with van der Waals surface area (Å²) in [6.45, 7) is -0.118. The minimum atomic E-state index is -0.484. The van der Waals surface area contributed by atoms with Gasteiger partial charge >= 0.3 is 5.97 Å². The van der Waals surface area contributed by atoms with Crippen LogP contribution in [0.1, 0.15) is 10.4 Å². The molecule has 1 aliphatic rings. The van der Waals surface area contributed by atoms with Crippen molar-refractivity contribution >= 4 is 35.2 Å². The fourth-order valence-electron chi connectivity index (χ4n) is 1.77. The lowest BCUT2D eigenvalue weighted by Gasteiger charge is -2.19. The van der Waals surface area contributed by atoms with Crippen LogP contribution in [0.15, 0.2) is 23.1 Å². The van der Waals surface area contributed by atoms with Gasteiger partial charge in [0.25, 0.3) is 5.91 Å². The van der Waals surface area contributed by atoms with Crippen LogP contribution < -0.4 is 5.32 Å². The Kier molecular flexibility index (Phi) is 4.29. The molecule has 0 saturated heterocycles. The molecule has 20 heavy (non-hydrogen) atoms. The van der Waals surface area contributed by atoms with Crippen LogP contribution in [0.3, 0.4) is 0 Å². The van der Waals surface area contributed by atoms with E-state index in [2.05, 4.69) is 10.1 Å². The summed E-state index contributed by atoms with van der Waals surface area (Å²) >= 11 is 1.43. The van der Waals surface area contributed by atoms with Crippen LogP contribution in [0.25, 0.3) is 0 Å². The second kappa shape index (κ2) is 5.96. The summed E-state index contributed by atoms with van der Waals surface area (Å²) in [6, 6.07) is 5.09. The highest BCUT2D eigenvalue weighted by atomic mass is 32.2. The van der Waals surface area contributed by atoms with Gasteiger partial charge in [-0.2, -0.15) is 0 Å². The van der Waals surface area contributed by atoms with E-state index in [1.54, 1.807) is 18.2 Å². The summed E-state index contributed by atoms with van der Waals surface area (Å²) in [5, 5.41) is 2.72. The van der Waals surface area contributed by atoms with Crippen molar-refractivity contribution in [3.63, 3.8) is 0 Å². The molecule has 1 aromatic rings. The number of hydrogen-bond acceptors (Lipinski definition) is 5.